The molecule has 0 bridgehead atoms. The zero-order valence-corrected chi connectivity index (χ0v) is 15.7. The maximum atomic E-state index is 14.2. The Morgan fingerprint density at radius 1 is 1.10 bits per heavy atom. The average Bonchev–Trinajstić information content (AvgIpc) is 3.44. The highest BCUT2D eigenvalue weighted by atomic mass is 19.2. The lowest BCUT2D eigenvalue weighted by atomic mass is 10.0. The minimum absolute atomic E-state index is 0.0255. The molecule has 0 saturated carbocycles. The van der Waals surface area contributed by atoms with Gasteiger partial charge in [0.2, 0.25) is 0 Å². The smallest absolute Gasteiger partial charge is 0.270 e. The van der Waals surface area contributed by atoms with E-state index in [0.717, 1.165) is 6.07 Å². The molecule has 0 radical (unpaired) electrons. The molecule has 0 atom stereocenters. The summed E-state index contributed by atoms with van der Waals surface area (Å²) >= 11 is 0. The van der Waals surface area contributed by atoms with Gasteiger partial charge in [-0.1, -0.05) is 12.1 Å². The van der Waals surface area contributed by atoms with Crippen LogP contribution in [0.15, 0.2) is 41.0 Å². The fourth-order valence-electron chi connectivity index (χ4n) is 4.16. The molecule has 152 valence electrons. The quantitative estimate of drug-likeness (QED) is 0.673. The highest BCUT2D eigenvalue weighted by Gasteiger charge is 2.41. The van der Waals surface area contributed by atoms with Crippen LogP contribution in [-0.2, 0) is 16.0 Å². The van der Waals surface area contributed by atoms with E-state index >= 15 is 0 Å². The van der Waals surface area contributed by atoms with Gasteiger partial charge in [-0.3, -0.25) is 4.79 Å². The van der Waals surface area contributed by atoms with E-state index in [-0.39, 0.29) is 18.0 Å². The first kappa shape index (κ1) is 18.3. The van der Waals surface area contributed by atoms with Gasteiger partial charge in [0.25, 0.3) is 5.91 Å². The monoisotopic (exact) mass is 402 g/mol. The highest BCUT2D eigenvalue weighted by molar-refractivity contribution is 5.97. The minimum Gasteiger partial charge on any atom is -0.463 e. The number of aromatic nitrogens is 1. The van der Waals surface area contributed by atoms with Gasteiger partial charge >= 0.3 is 0 Å². The molecule has 0 aliphatic carbocycles. The fourth-order valence-corrected chi connectivity index (χ4v) is 4.16. The molecule has 3 aromatic rings. The number of carbonyl (C=O) groups is 1. The van der Waals surface area contributed by atoms with Gasteiger partial charge in [-0.2, -0.15) is 0 Å². The Kier molecular flexibility index (Phi) is 4.40. The molecule has 4 heterocycles. The van der Waals surface area contributed by atoms with Gasteiger partial charge in [-0.15, -0.1) is 0 Å². The van der Waals surface area contributed by atoms with Crippen LogP contribution in [0.5, 0.6) is 0 Å². The van der Waals surface area contributed by atoms with E-state index in [1.165, 1.54) is 18.4 Å². The van der Waals surface area contributed by atoms with E-state index in [0.29, 0.717) is 55.9 Å². The maximum absolute atomic E-state index is 14.2. The summed E-state index contributed by atoms with van der Waals surface area (Å²) in [5.41, 5.74) is 1.74. The van der Waals surface area contributed by atoms with Crippen LogP contribution in [0, 0.1) is 11.6 Å². The van der Waals surface area contributed by atoms with Crippen LogP contribution in [-0.4, -0.2) is 47.5 Å². The minimum atomic E-state index is -0.913. The van der Waals surface area contributed by atoms with Crippen LogP contribution in [0.2, 0.25) is 0 Å². The number of benzene rings is 1. The second kappa shape index (κ2) is 6.96. The predicted molar refractivity (Wildman–Crippen MR) is 99.4 cm³/mol. The van der Waals surface area contributed by atoms with Crippen LogP contribution in [0.3, 0.4) is 0 Å². The number of hydrogen-bond acceptors (Lipinski definition) is 4. The van der Waals surface area contributed by atoms with Crippen molar-refractivity contribution in [3.05, 3.63) is 59.5 Å². The molecular weight excluding hydrogens is 382 g/mol. The van der Waals surface area contributed by atoms with Crippen LogP contribution in [0.25, 0.3) is 11.1 Å². The number of hydrogen-bond donors (Lipinski definition) is 0. The van der Waals surface area contributed by atoms with Gasteiger partial charge in [-0.05, 0) is 6.07 Å². The van der Waals surface area contributed by atoms with Crippen molar-refractivity contribution in [3.63, 3.8) is 0 Å². The highest BCUT2D eigenvalue weighted by Crippen LogP contribution is 2.32. The molecule has 0 N–H and O–H groups in total. The Morgan fingerprint density at radius 2 is 1.86 bits per heavy atom. The van der Waals surface area contributed by atoms with Gasteiger partial charge in [0.05, 0.1) is 31.5 Å². The number of fused-ring (bicyclic) bond motifs is 1. The van der Waals surface area contributed by atoms with Crippen molar-refractivity contribution in [1.29, 1.82) is 0 Å². The summed E-state index contributed by atoms with van der Waals surface area (Å²) in [6, 6.07) is 7.41. The van der Waals surface area contributed by atoms with E-state index in [2.05, 4.69) is 0 Å². The predicted octanol–water partition coefficient (Wildman–Crippen LogP) is 3.54. The Labute approximate surface area is 165 Å². The van der Waals surface area contributed by atoms with Gasteiger partial charge in [0.1, 0.15) is 5.69 Å². The van der Waals surface area contributed by atoms with E-state index in [1.54, 1.807) is 21.6 Å². The number of furan rings is 1. The topological polar surface area (TPSA) is 56.8 Å². The maximum Gasteiger partial charge on any atom is 0.270 e. The number of halogens is 2. The summed E-state index contributed by atoms with van der Waals surface area (Å²) in [4.78, 5) is 15.0. The molecule has 6 nitrogen and oxygen atoms in total. The number of rotatable bonds is 3. The van der Waals surface area contributed by atoms with Crippen LogP contribution < -0.4 is 0 Å². The molecule has 2 aliphatic heterocycles. The Hall–Kier alpha value is -2.71. The third kappa shape index (κ3) is 3.12. The van der Waals surface area contributed by atoms with Crippen LogP contribution >= 0.6 is 0 Å². The standard InChI is InChI=1S/C21H20F2N2O4/c22-15-3-1-2-14(19(15)23)13-25-16-4-9-27-18(16)12-17(25)20(26)24-7-5-21(6-8-24)28-10-11-29-21/h1-4,9,12H,5-8,10-11,13H2. The Balaban J connectivity index is 1.44. The number of piperidine rings is 1. The lowest BCUT2D eigenvalue weighted by Crippen LogP contribution is -2.47. The SMILES string of the molecule is O=C(c1cc2occc2n1Cc1cccc(F)c1F)N1CCC2(CC1)OCCO2. The van der Waals surface area contributed by atoms with Crippen LogP contribution in [0.1, 0.15) is 28.9 Å². The summed E-state index contributed by atoms with van der Waals surface area (Å²) in [6.45, 7) is 2.18. The summed E-state index contributed by atoms with van der Waals surface area (Å²) in [5, 5.41) is 0. The van der Waals surface area contributed by atoms with Gasteiger partial charge < -0.3 is 23.4 Å². The van der Waals surface area contributed by atoms with Crippen molar-refractivity contribution in [3.8, 4) is 0 Å². The number of nitrogens with zero attached hydrogens (tertiary/aromatic N) is 2. The molecule has 2 aliphatic rings. The molecule has 1 aromatic carbocycles. The first-order chi connectivity index (χ1) is 14.1. The molecule has 2 aromatic heterocycles. The number of amides is 1. The first-order valence-electron chi connectivity index (χ1n) is 9.63. The molecule has 2 saturated heterocycles. The Morgan fingerprint density at radius 3 is 2.62 bits per heavy atom. The van der Waals surface area contributed by atoms with Gasteiger partial charge in [0.15, 0.2) is 23.0 Å². The third-order valence-electron chi connectivity index (χ3n) is 5.73. The summed E-state index contributed by atoms with van der Waals surface area (Å²) in [5.74, 6) is -2.58. The second-order valence-corrected chi connectivity index (χ2v) is 7.40. The van der Waals surface area contributed by atoms with Crippen molar-refractivity contribution >= 4 is 17.0 Å². The van der Waals surface area contributed by atoms with Gasteiger partial charge in [-0.25, -0.2) is 8.78 Å². The van der Waals surface area contributed by atoms with E-state index in [4.69, 9.17) is 13.9 Å². The lowest BCUT2D eigenvalue weighted by molar-refractivity contribution is -0.181. The van der Waals surface area contributed by atoms with Crippen molar-refractivity contribution in [1.82, 2.24) is 9.47 Å². The fraction of sp³-hybridized carbons (Fsp3) is 0.381. The molecule has 5 rings (SSSR count). The number of likely N-dealkylation sites (tertiary alicyclic amines) is 1. The van der Waals surface area contributed by atoms with Crippen molar-refractivity contribution in [2.45, 2.75) is 25.2 Å². The van der Waals surface area contributed by atoms with Crippen molar-refractivity contribution < 1.29 is 27.5 Å². The zero-order valence-electron chi connectivity index (χ0n) is 15.7. The van der Waals surface area contributed by atoms with E-state index in [1.807, 2.05) is 0 Å². The largest absolute Gasteiger partial charge is 0.463 e. The zero-order chi connectivity index (χ0) is 20.0. The Bertz CT molecular complexity index is 1060. The molecule has 1 spiro atoms. The summed E-state index contributed by atoms with van der Waals surface area (Å²) in [7, 11) is 0. The average molecular weight is 402 g/mol. The van der Waals surface area contributed by atoms with Gasteiger partial charge in [0, 0.05) is 43.6 Å². The molecule has 0 unspecified atom stereocenters. The van der Waals surface area contributed by atoms with Crippen molar-refractivity contribution in [2.75, 3.05) is 26.3 Å². The molecular formula is C21H20F2N2O4. The molecule has 29 heavy (non-hydrogen) atoms. The summed E-state index contributed by atoms with van der Waals surface area (Å²) < 4.78 is 46.5. The van der Waals surface area contributed by atoms with Crippen LogP contribution in [0.4, 0.5) is 8.78 Å². The third-order valence-corrected chi connectivity index (χ3v) is 5.73. The number of carbonyl (C=O) groups excluding carboxylic acids is 1. The summed E-state index contributed by atoms with van der Waals surface area (Å²) in [6.07, 6.45) is 2.72. The van der Waals surface area contributed by atoms with E-state index < -0.39 is 17.4 Å². The molecule has 2 fully saturated rings. The second-order valence-electron chi connectivity index (χ2n) is 7.40. The normalized spacial score (nSPS) is 18.8. The number of ether oxygens (including phenoxy) is 2. The lowest BCUT2D eigenvalue weighted by Gasteiger charge is -2.37. The first-order valence-corrected chi connectivity index (χ1v) is 9.63. The molecule has 8 heteroatoms. The van der Waals surface area contributed by atoms with E-state index in [9.17, 15) is 13.6 Å². The van der Waals surface area contributed by atoms with Crippen molar-refractivity contribution in [2.24, 2.45) is 0 Å². The molecule has 1 amide bonds.